The lowest BCUT2D eigenvalue weighted by molar-refractivity contribution is 0.196. The SMILES string of the molecule is CC(O)C(C)Sc1nc2c(cc1C(N)=NO)CCC2. The molecule has 1 aliphatic carbocycles. The van der Waals surface area contributed by atoms with Crippen LogP contribution < -0.4 is 5.73 Å². The normalized spacial score (nSPS) is 18.2. The number of fused-ring (bicyclic) bond motifs is 1. The second kappa shape index (κ2) is 5.79. The molecule has 1 aromatic rings. The van der Waals surface area contributed by atoms with Crippen molar-refractivity contribution in [3.63, 3.8) is 0 Å². The van der Waals surface area contributed by atoms with Crippen LogP contribution in [0.1, 0.15) is 37.1 Å². The molecule has 0 fully saturated rings. The Kier molecular flexibility index (Phi) is 4.31. The lowest BCUT2D eigenvalue weighted by Gasteiger charge is -2.16. The fourth-order valence-corrected chi connectivity index (χ4v) is 3.06. The van der Waals surface area contributed by atoms with Gasteiger partial charge in [-0.05, 0) is 37.8 Å². The predicted molar refractivity (Wildman–Crippen MR) is 75.8 cm³/mol. The molecule has 0 bridgehead atoms. The van der Waals surface area contributed by atoms with Gasteiger partial charge >= 0.3 is 0 Å². The molecule has 19 heavy (non-hydrogen) atoms. The van der Waals surface area contributed by atoms with Gasteiger partial charge in [0.05, 0.1) is 11.7 Å². The van der Waals surface area contributed by atoms with Crippen LogP contribution in [0.15, 0.2) is 16.2 Å². The van der Waals surface area contributed by atoms with Crippen molar-refractivity contribution in [3.05, 3.63) is 22.9 Å². The van der Waals surface area contributed by atoms with Crippen LogP contribution >= 0.6 is 11.8 Å². The number of thioether (sulfide) groups is 1. The summed E-state index contributed by atoms with van der Waals surface area (Å²) < 4.78 is 0. The summed E-state index contributed by atoms with van der Waals surface area (Å²) in [6.45, 7) is 3.68. The van der Waals surface area contributed by atoms with E-state index in [1.54, 1.807) is 6.92 Å². The number of oxime groups is 1. The second-order valence-electron chi connectivity index (χ2n) is 4.85. The number of aryl methyl sites for hydroxylation is 2. The Morgan fingerprint density at radius 1 is 1.47 bits per heavy atom. The Hall–Kier alpha value is -1.27. The molecule has 0 amide bonds. The fourth-order valence-electron chi connectivity index (χ4n) is 2.05. The van der Waals surface area contributed by atoms with Crippen LogP contribution in [0.3, 0.4) is 0 Å². The van der Waals surface area contributed by atoms with Gasteiger partial charge in [0.15, 0.2) is 5.84 Å². The first kappa shape index (κ1) is 14.1. The van der Waals surface area contributed by atoms with Crippen molar-refractivity contribution in [2.24, 2.45) is 10.9 Å². The molecule has 2 rings (SSSR count). The Morgan fingerprint density at radius 3 is 2.84 bits per heavy atom. The van der Waals surface area contributed by atoms with Gasteiger partial charge in [0.25, 0.3) is 0 Å². The number of aromatic nitrogens is 1. The minimum atomic E-state index is -0.444. The van der Waals surface area contributed by atoms with E-state index in [0.717, 1.165) is 30.0 Å². The molecule has 2 unspecified atom stereocenters. The topological polar surface area (TPSA) is 91.7 Å². The molecular formula is C13H19N3O2S. The molecule has 6 heteroatoms. The minimum absolute atomic E-state index is 0.00260. The molecule has 0 saturated carbocycles. The van der Waals surface area contributed by atoms with Crippen molar-refractivity contribution >= 4 is 17.6 Å². The van der Waals surface area contributed by atoms with Crippen molar-refractivity contribution < 1.29 is 10.3 Å². The zero-order chi connectivity index (χ0) is 14.0. The molecule has 0 saturated heterocycles. The Bertz CT molecular complexity index is 503. The fraction of sp³-hybridized carbons (Fsp3) is 0.538. The third-order valence-electron chi connectivity index (χ3n) is 3.38. The average molecular weight is 281 g/mol. The summed E-state index contributed by atoms with van der Waals surface area (Å²) in [4.78, 5) is 4.62. The van der Waals surface area contributed by atoms with E-state index >= 15 is 0 Å². The summed E-state index contributed by atoms with van der Waals surface area (Å²) in [6, 6.07) is 1.96. The van der Waals surface area contributed by atoms with E-state index in [4.69, 9.17) is 10.9 Å². The Balaban J connectivity index is 2.39. The first-order valence-corrected chi connectivity index (χ1v) is 7.26. The number of aliphatic hydroxyl groups is 1. The summed E-state index contributed by atoms with van der Waals surface area (Å²) >= 11 is 1.45. The molecule has 0 aliphatic heterocycles. The van der Waals surface area contributed by atoms with E-state index in [9.17, 15) is 5.11 Å². The van der Waals surface area contributed by atoms with Gasteiger partial charge in [-0.2, -0.15) is 0 Å². The van der Waals surface area contributed by atoms with E-state index < -0.39 is 6.10 Å². The first-order valence-electron chi connectivity index (χ1n) is 6.38. The molecule has 0 radical (unpaired) electrons. The monoisotopic (exact) mass is 281 g/mol. The lowest BCUT2D eigenvalue weighted by atomic mass is 10.1. The molecule has 0 aromatic carbocycles. The van der Waals surface area contributed by atoms with E-state index in [0.29, 0.717) is 5.56 Å². The standard InChI is InChI=1S/C13H19N3O2S/c1-7(17)8(2)19-13-10(12(14)16-18)6-9-4-3-5-11(9)15-13/h6-8,17-18H,3-5H2,1-2H3,(H2,14,16). The van der Waals surface area contributed by atoms with Crippen LogP contribution in [0.5, 0.6) is 0 Å². The van der Waals surface area contributed by atoms with E-state index in [1.165, 1.54) is 17.3 Å². The number of amidine groups is 1. The second-order valence-corrected chi connectivity index (χ2v) is 6.22. The number of rotatable bonds is 4. The Morgan fingerprint density at radius 2 is 2.21 bits per heavy atom. The van der Waals surface area contributed by atoms with Crippen molar-refractivity contribution in [2.75, 3.05) is 0 Å². The van der Waals surface area contributed by atoms with Crippen LogP contribution in [0.25, 0.3) is 0 Å². The van der Waals surface area contributed by atoms with Crippen LogP contribution in [0, 0.1) is 0 Å². The van der Waals surface area contributed by atoms with Crippen LogP contribution in [-0.2, 0) is 12.8 Å². The number of nitrogens with two attached hydrogens (primary N) is 1. The van der Waals surface area contributed by atoms with Gasteiger partial charge in [0.1, 0.15) is 5.03 Å². The summed E-state index contributed by atoms with van der Waals surface area (Å²) in [7, 11) is 0. The number of aliphatic hydroxyl groups excluding tert-OH is 1. The van der Waals surface area contributed by atoms with Gasteiger partial charge in [-0.3, -0.25) is 0 Å². The van der Waals surface area contributed by atoms with E-state index in [1.807, 2.05) is 13.0 Å². The van der Waals surface area contributed by atoms with Gasteiger partial charge in [-0.1, -0.05) is 23.8 Å². The highest BCUT2D eigenvalue weighted by atomic mass is 32.2. The highest BCUT2D eigenvalue weighted by Crippen LogP contribution is 2.31. The van der Waals surface area contributed by atoms with Gasteiger partial charge in [0.2, 0.25) is 0 Å². The maximum absolute atomic E-state index is 9.60. The molecule has 1 aromatic heterocycles. The molecule has 1 aliphatic rings. The van der Waals surface area contributed by atoms with Crippen LogP contribution in [0.2, 0.25) is 0 Å². The average Bonchev–Trinajstić information content (AvgIpc) is 2.83. The van der Waals surface area contributed by atoms with E-state index in [2.05, 4.69) is 10.1 Å². The van der Waals surface area contributed by atoms with Crippen molar-refractivity contribution in [3.8, 4) is 0 Å². The van der Waals surface area contributed by atoms with Gasteiger partial charge in [-0.15, -0.1) is 0 Å². The third kappa shape index (κ3) is 3.01. The van der Waals surface area contributed by atoms with Crippen molar-refractivity contribution in [1.29, 1.82) is 0 Å². The van der Waals surface area contributed by atoms with Crippen molar-refractivity contribution in [1.82, 2.24) is 4.98 Å². The van der Waals surface area contributed by atoms with Gasteiger partial charge in [0, 0.05) is 10.9 Å². The Labute approximate surface area is 116 Å². The number of nitrogens with zero attached hydrogens (tertiary/aromatic N) is 2. The largest absolute Gasteiger partial charge is 0.409 e. The molecule has 1 heterocycles. The van der Waals surface area contributed by atoms with Crippen molar-refractivity contribution in [2.45, 2.75) is 49.5 Å². The summed E-state index contributed by atoms with van der Waals surface area (Å²) in [5, 5.41) is 22.3. The number of hydrogen-bond donors (Lipinski definition) is 3. The summed E-state index contributed by atoms with van der Waals surface area (Å²) in [5.41, 5.74) is 8.65. The molecule has 4 N–H and O–H groups in total. The molecular weight excluding hydrogens is 262 g/mol. The summed E-state index contributed by atoms with van der Waals surface area (Å²) in [5.74, 6) is 0.0718. The maximum Gasteiger partial charge on any atom is 0.172 e. The zero-order valence-corrected chi connectivity index (χ0v) is 11.9. The molecule has 2 atom stereocenters. The zero-order valence-electron chi connectivity index (χ0n) is 11.1. The smallest absolute Gasteiger partial charge is 0.172 e. The van der Waals surface area contributed by atoms with Gasteiger partial charge < -0.3 is 16.0 Å². The quantitative estimate of drug-likeness (QED) is 0.256. The highest BCUT2D eigenvalue weighted by molar-refractivity contribution is 8.00. The van der Waals surface area contributed by atoms with E-state index in [-0.39, 0.29) is 11.1 Å². The molecule has 0 spiro atoms. The molecule has 5 nitrogen and oxygen atoms in total. The third-order valence-corrected chi connectivity index (χ3v) is 4.68. The highest BCUT2D eigenvalue weighted by Gasteiger charge is 2.21. The van der Waals surface area contributed by atoms with Gasteiger partial charge in [-0.25, -0.2) is 4.98 Å². The summed E-state index contributed by atoms with van der Waals surface area (Å²) in [6.07, 6.45) is 2.62. The maximum atomic E-state index is 9.60. The number of hydrogen-bond acceptors (Lipinski definition) is 5. The minimum Gasteiger partial charge on any atom is -0.409 e. The predicted octanol–water partition coefficient (Wildman–Crippen LogP) is 1.53. The molecule has 104 valence electrons. The first-order chi connectivity index (χ1) is 9.02. The number of pyridine rings is 1. The van der Waals surface area contributed by atoms with Crippen LogP contribution in [-0.4, -0.2) is 32.5 Å². The lowest BCUT2D eigenvalue weighted by Crippen LogP contribution is -2.19. The van der Waals surface area contributed by atoms with Crippen LogP contribution in [0.4, 0.5) is 0 Å².